The fraction of sp³-hybridized carbons (Fsp3) is 0.0741. The van der Waals surface area contributed by atoms with Gasteiger partial charge >= 0.3 is 0 Å². The Morgan fingerprint density at radius 2 is 1.89 bits per heavy atom. The molecule has 0 fully saturated rings. The molecule has 5 aromatic rings. The molecule has 0 atom stereocenters. The molecule has 5 rings (SSSR count). The van der Waals surface area contributed by atoms with Gasteiger partial charge in [-0.2, -0.15) is 5.10 Å². The molecule has 2 N–H and O–H groups in total. The number of hydrogen-bond donors (Lipinski definition) is 2. The summed E-state index contributed by atoms with van der Waals surface area (Å²) in [4.78, 5) is 27.6. The summed E-state index contributed by atoms with van der Waals surface area (Å²) in [6.07, 6.45) is 9.02. The summed E-state index contributed by atoms with van der Waals surface area (Å²) in [5, 5.41) is 11.5. The highest BCUT2D eigenvalue weighted by Crippen LogP contribution is 2.33. The Morgan fingerprint density at radius 3 is 2.71 bits per heavy atom. The highest BCUT2D eigenvalue weighted by molar-refractivity contribution is 7.99. The highest BCUT2D eigenvalue weighted by Gasteiger charge is 2.13. The Kier molecular flexibility index (Phi) is 6.63. The SMILES string of the molecule is Cc1cnc(CNC(=O)c2ccccc2Sc2ccc3c(/C=C/c4ccccn4)n[nH]c3c2)cn1. The number of aromatic amines is 1. The van der Waals surface area contributed by atoms with Crippen LogP contribution in [0.2, 0.25) is 0 Å². The van der Waals surface area contributed by atoms with E-state index in [4.69, 9.17) is 0 Å². The quantitative estimate of drug-likeness (QED) is 0.329. The predicted molar refractivity (Wildman–Crippen MR) is 138 cm³/mol. The molecule has 3 aromatic heterocycles. The number of hydrogen-bond acceptors (Lipinski definition) is 6. The van der Waals surface area contributed by atoms with E-state index in [0.29, 0.717) is 17.8 Å². The summed E-state index contributed by atoms with van der Waals surface area (Å²) in [5.41, 5.74) is 4.82. The molecule has 8 heteroatoms. The lowest BCUT2D eigenvalue weighted by Crippen LogP contribution is -2.24. The first-order valence-electron chi connectivity index (χ1n) is 11.1. The molecule has 0 aliphatic heterocycles. The Bertz CT molecular complexity index is 1500. The lowest BCUT2D eigenvalue weighted by molar-refractivity contribution is 0.0947. The number of nitrogens with zero attached hydrogens (tertiary/aromatic N) is 4. The van der Waals surface area contributed by atoms with Gasteiger partial charge in [0, 0.05) is 27.6 Å². The van der Waals surface area contributed by atoms with Gasteiger partial charge in [-0.15, -0.1) is 0 Å². The maximum Gasteiger partial charge on any atom is 0.252 e. The Labute approximate surface area is 206 Å². The van der Waals surface area contributed by atoms with Gasteiger partial charge in [-0.3, -0.25) is 24.8 Å². The molecule has 0 saturated carbocycles. The van der Waals surface area contributed by atoms with Crippen LogP contribution in [0.25, 0.3) is 23.1 Å². The van der Waals surface area contributed by atoms with Gasteiger partial charge in [-0.25, -0.2) is 0 Å². The number of amides is 1. The number of rotatable bonds is 7. The van der Waals surface area contributed by atoms with Crippen LogP contribution in [0.5, 0.6) is 0 Å². The summed E-state index contributed by atoms with van der Waals surface area (Å²) in [6, 6.07) is 19.5. The van der Waals surface area contributed by atoms with Gasteiger partial charge in [-0.1, -0.05) is 30.0 Å². The van der Waals surface area contributed by atoms with Crippen LogP contribution in [0.3, 0.4) is 0 Å². The molecule has 0 unspecified atom stereocenters. The van der Waals surface area contributed by atoms with E-state index in [1.54, 1.807) is 18.6 Å². The van der Waals surface area contributed by atoms with Crippen molar-refractivity contribution in [1.29, 1.82) is 0 Å². The molecule has 7 nitrogen and oxygen atoms in total. The van der Waals surface area contributed by atoms with Gasteiger partial charge in [0.15, 0.2) is 0 Å². The van der Waals surface area contributed by atoms with E-state index in [1.807, 2.05) is 79.7 Å². The van der Waals surface area contributed by atoms with Crippen molar-refractivity contribution in [3.05, 3.63) is 108 Å². The minimum absolute atomic E-state index is 0.153. The summed E-state index contributed by atoms with van der Waals surface area (Å²) in [5.74, 6) is -0.153. The molecule has 35 heavy (non-hydrogen) atoms. The monoisotopic (exact) mass is 478 g/mol. The number of pyridine rings is 1. The first-order chi connectivity index (χ1) is 17.2. The maximum absolute atomic E-state index is 12.9. The smallest absolute Gasteiger partial charge is 0.252 e. The topological polar surface area (TPSA) is 96.5 Å². The number of benzene rings is 2. The minimum atomic E-state index is -0.153. The fourth-order valence-corrected chi connectivity index (χ4v) is 4.48. The lowest BCUT2D eigenvalue weighted by atomic mass is 10.2. The van der Waals surface area contributed by atoms with Gasteiger partial charge in [0.2, 0.25) is 0 Å². The van der Waals surface area contributed by atoms with Gasteiger partial charge in [0.1, 0.15) is 0 Å². The maximum atomic E-state index is 12.9. The third-order valence-electron chi connectivity index (χ3n) is 5.29. The number of H-pyrrole nitrogens is 1. The van der Waals surface area contributed by atoms with Crippen molar-refractivity contribution in [2.45, 2.75) is 23.3 Å². The molecular formula is C27H22N6OS. The molecule has 3 heterocycles. The molecule has 0 saturated heterocycles. The third kappa shape index (κ3) is 5.44. The van der Waals surface area contributed by atoms with Crippen molar-refractivity contribution in [2.24, 2.45) is 0 Å². The van der Waals surface area contributed by atoms with E-state index in [1.165, 1.54) is 11.8 Å². The average molecular weight is 479 g/mol. The first kappa shape index (κ1) is 22.5. The van der Waals surface area contributed by atoms with Gasteiger partial charge in [-0.05, 0) is 61.5 Å². The molecule has 0 radical (unpaired) electrons. The zero-order chi connectivity index (χ0) is 24.0. The number of fused-ring (bicyclic) bond motifs is 1. The van der Waals surface area contributed by atoms with Crippen LogP contribution in [0, 0.1) is 6.92 Å². The predicted octanol–water partition coefficient (Wildman–Crippen LogP) is 5.31. The number of carbonyl (C=O) groups is 1. The molecule has 2 aromatic carbocycles. The van der Waals surface area contributed by atoms with Crippen LogP contribution in [-0.2, 0) is 6.54 Å². The highest BCUT2D eigenvalue weighted by atomic mass is 32.2. The lowest BCUT2D eigenvalue weighted by Gasteiger charge is -2.10. The molecule has 0 aliphatic rings. The molecule has 0 spiro atoms. The number of carbonyl (C=O) groups excluding carboxylic acids is 1. The summed E-state index contributed by atoms with van der Waals surface area (Å²) >= 11 is 1.54. The van der Waals surface area contributed by atoms with Crippen LogP contribution in [-0.4, -0.2) is 31.1 Å². The molecule has 1 amide bonds. The van der Waals surface area contributed by atoms with Crippen LogP contribution < -0.4 is 5.32 Å². The van der Waals surface area contributed by atoms with E-state index in [-0.39, 0.29) is 5.91 Å². The Balaban J connectivity index is 1.31. The van der Waals surface area contributed by atoms with Gasteiger partial charge in [0.25, 0.3) is 5.91 Å². The van der Waals surface area contributed by atoms with Crippen molar-refractivity contribution in [3.8, 4) is 0 Å². The van der Waals surface area contributed by atoms with Crippen molar-refractivity contribution in [1.82, 2.24) is 30.5 Å². The van der Waals surface area contributed by atoms with E-state index in [0.717, 1.165) is 37.8 Å². The first-order valence-corrected chi connectivity index (χ1v) is 11.9. The van der Waals surface area contributed by atoms with Crippen molar-refractivity contribution in [2.75, 3.05) is 0 Å². The van der Waals surface area contributed by atoms with Gasteiger partial charge < -0.3 is 5.32 Å². The van der Waals surface area contributed by atoms with Crippen molar-refractivity contribution < 1.29 is 4.79 Å². The van der Waals surface area contributed by atoms with Crippen LogP contribution in [0.1, 0.15) is 33.1 Å². The molecular weight excluding hydrogens is 456 g/mol. The zero-order valence-electron chi connectivity index (χ0n) is 19.0. The second-order valence-corrected chi connectivity index (χ2v) is 8.95. The second-order valence-electron chi connectivity index (χ2n) is 7.83. The Hall–Kier alpha value is -4.30. The van der Waals surface area contributed by atoms with Crippen LogP contribution in [0.4, 0.5) is 0 Å². The number of aryl methyl sites for hydroxylation is 1. The minimum Gasteiger partial charge on any atom is -0.346 e. The standard InChI is InChI=1S/C27H22N6OS/c1-18-15-30-20(16-29-18)17-31-27(34)23-7-2-3-8-26(23)35-21-10-11-22-24(32-33-25(22)14-21)12-9-19-6-4-5-13-28-19/h2-16H,17H2,1H3,(H,31,34)(H,32,33)/b12-9+. The largest absolute Gasteiger partial charge is 0.346 e. The number of aromatic nitrogens is 5. The fourth-order valence-electron chi connectivity index (χ4n) is 3.50. The van der Waals surface area contributed by atoms with Crippen molar-refractivity contribution >= 4 is 40.7 Å². The summed E-state index contributed by atoms with van der Waals surface area (Å²) < 4.78 is 0. The van der Waals surface area contributed by atoms with E-state index < -0.39 is 0 Å². The summed E-state index contributed by atoms with van der Waals surface area (Å²) in [7, 11) is 0. The zero-order valence-corrected chi connectivity index (χ0v) is 19.8. The van der Waals surface area contributed by atoms with Crippen LogP contribution >= 0.6 is 11.8 Å². The van der Waals surface area contributed by atoms with Gasteiger partial charge in [0.05, 0.1) is 46.6 Å². The summed E-state index contributed by atoms with van der Waals surface area (Å²) in [6.45, 7) is 2.20. The molecule has 172 valence electrons. The van der Waals surface area contributed by atoms with Crippen molar-refractivity contribution in [3.63, 3.8) is 0 Å². The normalized spacial score (nSPS) is 11.2. The van der Waals surface area contributed by atoms with E-state index in [2.05, 4.69) is 30.5 Å². The molecule has 0 aliphatic carbocycles. The van der Waals surface area contributed by atoms with Crippen LogP contribution in [0.15, 0.2) is 89.0 Å². The van der Waals surface area contributed by atoms with E-state index in [9.17, 15) is 4.79 Å². The Morgan fingerprint density at radius 1 is 1.00 bits per heavy atom. The number of nitrogens with one attached hydrogen (secondary N) is 2. The third-order valence-corrected chi connectivity index (χ3v) is 6.35. The van der Waals surface area contributed by atoms with E-state index >= 15 is 0 Å². The second kappa shape index (κ2) is 10.3. The average Bonchev–Trinajstić information content (AvgIpc) is 3.30. The molecule has 0 bridgehead atoms.